The van der Waals surface area contributed by atoms with Crippen molar-refractivity contribution in [3.05, 3.63) is 0 Å². The van der Waals surface area contributed by atoms with Gasteiger partial charge in [-0.3, -0.25) is 3.71 Å². The normalized spacial score (nSPS) is 9.50. The van der Waals surface area contributed by atoms with Crippen molar-refractivity contribution in [2.24, 2.45) is 0 Å². The fourth-order valence-corrected chi connectivity index (χ4v) is 2.42. The summed E-state index contributed by atoms with van der Waals surface area (Å²) >= 11 is 8.50. The van der Waals surface area contributed by atoms with Crippen LogP contribution in [0.5, 0.6) is 0 Å². The predicted molar refractivity (Wildman–Crippen MR) is 56.4 cm³/mol. The van der Waals surface area contributed by atoms with Crippen molar-refractivity contribution in [1.29, 1.82) is 0 Å². The molecule has 1 nitrogen and oxygen atoms in total. The lowest BCUT2D eigenvalue weighted by Crippen LogP contribution is -2.12. The lowest BCUT2D eigenvalue weighted by atomic mass is 10.3. The largest absolute Gasteiger partial charge is 0.252 e. The van der Waals surface area contributed by atoms with E-state index in [0.717, 1.165) is 17.8 Å². The van der Waals surface area contributed by atoms with E-state index in [9.17, 15) is 0 Å². The van der Waals surface area contributed by atoms with Crippen molar-refractivity contribution >= 4 is 41.1 Å². The first-order valence-electron chi connectivity index (χ1n) is 3.17. The molecule has 0 aromatic heterocycles. The van der Waals surface area contributed by atoms with Crippen LogP contribution in [-0.4, -0.2) is 21.2 Å². The van der Waals surface area contributed by atoms with Gasteiger partial charge in [-0.1, -0.05) is 19.1 Å². The van der Waals surface area contributed by atoms with Gasteiger partial charge in [-0.25, -0.2) is 0 Å². The van der Waals surface area contributed by atoms with Crippen LogP contribution in [0.4, 0.5) is 0 Å². The molecule has 0 heterocycles. The maximum absolute atomic E-state index is 5.16. The fraction of sp³-hybridized carbons (Fsp3) is 0.833. The Labute approximate surface area is 77.2 Å². The third kappa shape index (κ3) is 3.68. The molecule has 0 bridgehead atoms. The molecule has 0 amide bonds. The Bertz CT molecular complexity index is 101. The monoisotopic (exact) mass is 195 g/mol. The summed E-state index contributed by atoms with van der Waals surface area (Å²) in [4.78, 5) is 1.04. The second-order valence-electron chi connectivity index (χ2n) is 1.77. The third-order valence-electron chi connectivity index (χ3n) is 0.999. The van der Waals surface area contributed by atoms with E-state index in [4.69, 9.17) is 12.2 Å². The number of nitrogens with zero attached hydrogens (tertiary/aromatic N) is 1. The summed E-state index contributed by atoms with van der Waals surface area (Å²) in [5.41, 5.74) is 0. The molecule has 0 aromatic rings. The van der Waals surface area contributed by atoms with Crippen LogP contribution in [0, 0.1) is 0 Å². The maximum Gasteiger partial charge on any atom is 0.0993 e. The molecule has 0 rings (SSSR count). The average molecular weight is 195 g/mol. The van der Waals surface area contributed by atoms with E-state index in [1.165, 1.54) is 0 Å². The minimum atomic E-state index is 1.02. The molecule has 0 unspecified atom stereocenters. The third-order valence-corrected chi connectivity index (χ3v) is 3.62. The molecule has 10 heavy (non-hydrogen) atoms. The van der Waals surface area contributed by atoms with Crippen molar-refractivity contribution in [2.45, 2.75) is 19.8 Å². The summed E-state index contributed by atoms with van der Waals surface area (Å²) in [5.74, 6) is 0. The van der Waals surface area contributed by atoms with Gasteiger partial charge < -0.3 is 0 Å². The lowest BCUT2D eigenvalue weighted by molar-refractivity contribution is 0.950. The van der Waals surface area contributed by atoms with E-state index in [0.29, 0.717) is 0 Å². The Balaban J connectivity index is 3.65. The predicted octanol–water partition coefficient (Wildman–Crippen LogP) is 2.97. The number of hydrogen-bond acceptors (Lipinski definition) is 3. The summed E-state index contributed by atoms with van der Waals surface area (Å²) in [6, 6.07) is 0. The summed E-state index contributed by atoms with van der Waals surface area (Å²) in [5, 5.41) is 0. The zero-order chi connectivity index (χ0) is 7.98. The molecular weight excluding hydrogens is 182 g/mol. The maximum atomic E-state index is 5.16. The van der Waals surface area contributed by atoms with Gasteiger partial charge in [0.25, 0.3) is 0 Å². The second-order valence-corrected chi connectivity index (χ2v) is 3.93. The van der Waals surface area contributed by atoms with Crippen molar-refractivity contribution in [1.82, 2.24) is 3.71 Å². The van der Waals surface area contributed by atoms with Crippen LogP contribution in [0.1, 0.15) is 19.8 Å². The first-order chi connectivity index (χ1) is 4.76. The van der Waals surface area contributed by atoms with Gasteiger partial charge in [0.1, 0.15) is 0 Å². The average Bonchev–Trinajstić information content (AvgIpc) is 1.91. The van der Waals surface area contributed by atoms with Crippen molar-refractivity contribution in [3.63, 3.8) is 0 Å². The smallest absolute Gasteiger partial charge is 0.0993 e. The highest BCUT2D eigenvalue weighted by Gasteiger charge is 2.04. The van der Waals surface area contributed by atoms with Crippen molar-refractivity contribution in [2.75, 3.05) is 12.5 Å². The van der Waals surface area contributed by atoms with Crippen LogP contribution in [0.15, 0.2) is 0 Å². The topological polar surface area (TPSA) is 3.24 Å². The molecule has 4 heteroatoms. The molecule has 0 spiro atoms. The Morgan fingerprint density at radius 2 is 1.90 bits per heavy atom. The van der Waals surface area contributed by atoms with Crippen LogP contribution in [0.25, 0.3) is 0 Å². The van der Waals surface area contributed by atoms with E-state index in [-0.39, 0.29) is 0 Å². The number of rotatable bonds is 4. The van der Waals surface area contributed by atoms with E-state index in [1.807, 2.05) is 12.5 Å². The standard InChI is InChI=1S/C6H13NS3/c1-4-5-6(8)7(9-2)10-3/h4-5H2,1-3H3. The summed E-state index contributed by atoms with van der Waals surface area (Å²) in [6.45, 7) is 2.14. The Morgan fingerprint density at radius 1 is 1.40 bits per heavy atom. The van der Waals surface area contributed by atoms with Gasteiger partial charge in [0, 0.05) is 12.5 Å². The van der Waals surface area contributed by atoms with Gasteiger partial charge in [0.05, 0.1) is 4.99 Å². The highest BCUT2D eigenvalue weighted by atomic mass is 32.2. The SMILES string of the molecule is CCCC(=S)N(SC)SC. The highest BCUT2D eigenvalue weighted by molar-refractivity contribution is 8.13. The zero-order valence-corrected chi connectivity index (χ0v) is 9.04. The Kier molecular flexibility index (Phi) is 6.68. The zero-order valence-electron chi connectivity index (χ0n) is 6.59. The van der Waals surface area contributed by atoms with Crippen molar-refractivity contribution in [3.8, 4) is 0 Å². The molecule has 0 saturated heterocycles. The van der Waals surface area contributed by atoms with Crippen LogP contribution >= 0.6 is 36.1 Å². The molecule has 0 aliphatic carbocycles. The van der Waals surface area contributed by atoms with Crippen LogP contribution in [0.2, 0.25) is 0 Å². The van der Waals surface area contributed by atoms with E-state index in [2.05, 4.69) is 10.6 Å². The van der Waals surface area contributed by atoms with Crippen LogP contribution in [0.3, 0.4) is 0 Å². The van der Waals surface area contributed by atoms with E-state index >= 15 is 0 Å². The molecule has 0 aromatic carbocycles. The number of hydrogen-bond donors (Lipinski definition) is 0. The van der Waals surface area contributed by atoms with E-state index < -0.39 is 0 Å². The Morgan fingerprint density at radius 3 is 2.20 bits per heavy atom. The molecule has 0 fully saturated rings. The van der Waals surface area contributed by atoms with Gasteiger partial charge in [-0.05, 0) is 36.7 Å². The van der Waals surface area contributed by atoms with Crippen molar-refractivity contribution < 1.29 is 0 Å². The first-order valence-corrected chi connectivity index (χ1v) is 5.94. The Hall–Kier alpha value is 0.590. The number of thiocarbonyl (C=S) groups is 1. The molecule has 0 saturated carbocycles. The summed E-state index contributed by atoms with van der Waals surface area (Å²) in [6.07, 6.45) is 6.24. The van der Waals surface area contributed by atoms with Crippen LogP contribution in [-0.2, 0) is 0 Å². The molecule has 60 valence electrons. The molecule has 0 atom stereocenters. The van der Waals surface area contributed by atoms with E-state index in [1.54, 1.807) is 23.9 Å². The van der Waals surface area contributed by atoms with Gasteiger partial charge >= 0.3 is 0 Å². The summed E-state index contributed by atoms with van der Waals surface area (Å²) in [7, 11) is 0. The summed E-state index contributed by atoms with van der Waals surface area (Å²) < 4.78 is 2.07. The van der Waals surface area contributed by atoms with Gasteiger partial charge in [0.2, 0.25) is 0 Å². The van der Waals surface area contributed by atoms with Gasteiger partial charge in [-0.2, -0.15) is 0 Å². The van der Waals surface area contributed by atoms with Gasteiger partial charge in [0.15, 0.2) is 0 Å². The highest BCUT2D eigenvalue weighted by Crippen LogP contribution is 2.19. The fourth-order valence-electron chi connectivity index (χ4n) is 0.583. The minimum absolute atomic E-state index is 1.02. The quantitative estimate of drug-likeness (QED) is 0.501. The lowest BCUT2D eigenvalue weighted by Gasteiger charge is -2.17. The minimum Gasteiger partial charge on any atom is -0.252 e. The molecule has 0 aliphatic heterocycles. The van der Waals surface area contributed by atoms with Gasteiger partial charge in [-0.15, -0.1) is 0 Å². The molecule has 0 N–H and O–H groups in total. The second kappa shape index (κ2) is 6.31. The molecule has 0 radical (unpaired) electrons. The van der Waals surface area contributed by atoms with Crippen LogP contribution < -0.4 is 0 Å². The first kappa shape index (κ1) is 10.6. The molecular formula is C6H13NS3. The molecule has 0 aliphatic rings.